The minimum absolute atomic E-state index is 0.0283. The predicted molar refractivity (Wildman–Crippen MR) is 167 cm³/mol. The summed E-state index contributed by atoms with van der Waals surface area (Å²) in [5.41, 5.74) is 2.73. The number of alkyl halides is 6. The number of carboxylic acids is 1. The van der Waals surface area contributed by atoms with Crippen molar-refractivity contribution in [2.24, 2.45) is 0 Å². The maximum absolute atomic E-state index is 13.0. The Morgan fingerprint density at radius 2 is 0.958 bits per heavy atom. The third-order valence-electron chi connectivity index (χ3n) is 7.51. The highest BCUT2D eigenvalue weighted by atomic mass is 19.4. The molecule has 0 heterocycles. The second-order valence-corrected chi connectivity index (χ2v) is 10.8. The van der Waals surface area contributed by atoms with Crippen molar-refractivity contribution >= 4 is 11.9 Å². The number of benzene rings is 5. The largest absolute Gasteiger partial charge is 0.481 e. The zero-order valence-corrected chi connectivity index (χ0v) is 25.0. The van der Waals surface area contributed by atoms with Gasteiger partial charge in [0.15, 0.2) is 0 Å². The first-order chi connectivity index (χ1) is 22.8. The van der Waals surface area contributed by atoms with Crippen LogP contribution in [0.5, 0.6) is 5.75 Å². The van der Waals surface area contributed by atoms with E-state index < -0.39 is 41.5 Å². The Kier molecular flexibility index (Phi) is 9.88. The smallest absolute Gasteiger partial charge is 0.416 e. The van der Waals surface area contributed by atoms with Gasteiger partial charge >= 0.3 is 18.3 Å². The summed E-state index contributed by atoms with van der Waals surface area (Å²) in [5.74, 6) is -1.08. The molecule has 0 atom stereocenters. The first-order valence-electron chi connectivity index (χ1n) is 14.6. The topological polar surface area (TPSA) is 75.6 Å². The predicted octanol–water partition coefficient (Wildman–Crippen LogP) is 9.43. The summed E-state index contributed by atoms with van der Waals surface area (Å²) in [6, 6.07) is 30.1. The summed E-state index contributed by atoms with van der Waals surface area (Å²) in [5, 5.41) is 11.3. The van der Waals surface area contributed by atoms with Gasteiger partial charge in [-0.15, -0.1) is 0 Å². The van der Waals surface area contributed by atoms with Crippen molar-refractivity contribution in [1.82, 2.24) is 5.32 Å². The molecule has 0 saturated carbocycles. The lowest BCUT2D eigenvalue weighted by atomic mass is 9.95. The van der Waals surface area contributed by atoms with Crippen molar-refractivity contribution in [3.8, 4) is 28.0 Å². The molecule has 0 aromatic heterocycles. The molecule has 0 bridgehead atoms. The van der Waals surface area contributed by atoms with Crippen LogP contribution < -0.4 is 10.1 Å². The second kappa shape index (κ2) is 14.0. The van der Waals surface area contributed by atoms with E-state index in [1.165, 1.54) is 36.4 Å². The molecule has 246 valence electrons. The van der Waals surface area contributed by atoms with Crippen molar-refractivity contribution in [1.29, 1.82) is 0 Å². The van der Waals surface area contributed by atoms with Crippen LogP contribution in [0.25, 0.3) is 22.3 Å². The number of hydrogen-bond donors (Lipinski definition) is 2. The van der Waals surface area contributed by atoms with E-state index in [0.29, 0.717) is 44.7 Å². The summed E-state index contributed by atoms with van der Waals surface area (Å²) in [7, 11) is 0. The lowest BCUT2D eigenvalue weighted by Crippen LogP contribution is -2.25. The van der Waals surface area contributed by atoms with Gasteiger partial charge in [0.05, 0.1) is 17.5 Å². The van der Waals surface area contributed by atoms with Gasteiger partial charge in [-0.2, -0.15) is 26.3 Å². The number of amides is 1. The van der Waals surface area contributed by atoms with Crippen LogP contribution >= 0.6 is 0 Å². The standard InChI is InChI=1S/C37H27F6NO4/c38-36(39,40)30-15-9-25(10-16-30)23-1-5-27(6-2-23)34(48-32-19-13-29(14-20-32)35(47)44-22-21-33(45)46)28-7-3-24(4-8-28)26-11-17-31(18-12-26)37(41,42)43/h1-20,34H,21-22H2,(H,44,47)(H,45,46). The molecule has 5 nitrogen and oxygen atoms in total. The van der Waals surface area contributed by atoms with Gasteiger partial charge < -0.3 is 15.2 Å². The molecule has 0 radical (unpaired) electrons. The van der Waals surface area contributed by atoms with Crippen molar-refractivity contribution < 1.29 is 45.8 Å². The van der Waals surface area contributed by atoms with E-state index in [1.54, 1.807) is 60.7 Å². The fraction of sp³-hybridized carbons (Fsp3) is 0.135. The zero-order chi connectivity index (χ0) is 34.5. The number of carbonyl (C=O) groups is 2. The van der Waals surface area contributed by atoms with Crippen LogP contribution in [0.1, 0.15) is 45.1 Å². The molecule has 5 aromatic rings. The molecule has 1 amide bonds. The molecule has 0 unspecified atom stereocenters. The van der Waals surface area contributed by atoms with Crippen LogP contribution in [0.15, 0.2) is 121 Å². The Bertz CT molecular complexity index is 1750. The number of carbonyl (C=O) groups excluding carboxylic acids is 1. The second-order valence-electron chi connectivity index (χ2n) is 10.8. The highest BCUT2D eigenvalue weighted by Crippen LogP contribution is 2.35. The van der Waals surface area contributed by atoms with Gasteiger partial charge in [-0.25, -0.2) is 0 Å². The normalized spacial score (nSPS) is 11.7. The SMILES string of the molecule is O=C(O)CCNC(=O)c1ccc(OC(c2ccc(-c3ccc(C(F)(F)F)cc3)cc2)c2ccc(-c3ccc(C(F)(F)F)cc3)cc2)cc1. The fourth-order valence-electron chi connectivity index (χ4n) is 4.94. The molecule has 0 fully saturated rings. The Balaban J connectivity index is 1.41. The third kappa shape index (κ3) is 8.41. The summed E-state index contributed by atoms with van der Waals surface area (Å²) in [6.07, 6.45) is -9.80. The van der Waals surface area contributed by atoms with Crippen LogP contribution in [-0.4, -0.2) is 23.5 Å². The maximum atomic E-state index is 13.0. The number of carboxylic acid groups (broad SMARTS) is 1. The van der Waals surface area contributed by atoms with Crippen molar-refractivity contribution in [3.63, 3.8) is 0 Å². The highest BCUT2D eigenvalue weighted by molar-refractivity contribution is 5.94. The molecule has 0 aliphatic carbocycles. The molecule has 5 rings (SSSR count). The fourth-order valence-corrected chi connectivity index (χ4v) is 4.94. The minimum atomic E-state index is -4.45. The molecule has 0 aliphatic rings. The van der Waals surface area contributed by atoms with Crippen molar-refractivity contribution in [2.75, 3.05) is 6.54 Å². The molecule has 5 aromatic carbocycles. The maximum Gasteiger partial charge on any atom is 0.416 e. The van der Waals surface area contributed by atoms with Crippen LogP contribution in [0.2, 0.25) is 0 Å². The minimum Gasteiger partial charge on any atom is -0.481 e. The molecule has 48 heavy (non-hydrogen) atoms. The lowest BCUT2D eigenvalue weighted by molar-refractivity contribution is -0.138. The quantitative estimate of drug-likeness (QED) is 0.146. The Morgan fingerprint density at radius 3 is 1.31 bits per heavy atom. The van der Waals surface area contributed by atoms with E-state index in [2.05, 4.69) is 5.32 Å². The lowest BCUT2D eigenvalue weighted by Gasteiger charge is -2.21. The van der Waals surface area contributed by atoms with E-state index in [-0.39, 0.29) is 13.0 Å². The van der Waals surface area contributed by atoms with Gasteiger partial charge in [0.25, 0.3) is 5.91 Å². The monoisotopic (exact) mass is 663 g/mol. The first-order valence-corrected chi connectivity index (χ1v) is 14.6. The van der Waals surface area contributed by atoms with Gasteiger partial charge in [-0.05, 0) is 81.9 Å². The molecule has 0 saturated heterocycles. The molecule has 0 aliphatic heterocycles. The summed E-state index contributed by atoms with van der Waals surface area (Å²) >= 11 is 0. The average molecular weight is 664 g/mol. The van der Waals surface area contributed by atoms with E-state index in [4.69, 9.17) is 9.84 Å². The van der Waals surface area contributed by atoms with E-state index >= 15 is 0 Å². The van der Waals surface area contributed by atoms with Gasteiger partial charge in [0.2, 0.25) is 0 Å². The number of nitrogens with one attached hydrogen (secondary N) is 1. The highest BCUT2D eigenvalue weighted by Gasteiger charge is 2.31. The van der Waals surface area contributed by atoms with Gasteiger partial charge in [-0.1, -0.05) is 72.8 Å². The van der Waals surface area contributed by atoms with E-state index in [1.807, 2.05) is 0 Å². The zero-order valence-electron chi connectivity index (χ0n) is 25.0. The van der Waals surface area contributed by atoms with Crippen LogP contribution in [0.3, 0.4) is 0 Å². The number of ether oxygens (including phenoxy) is 1. The van der Waals surface area contributed by atoms with E-state index in [9.17, 15) is 35.9 Å². The Labute approximate surface area is 271 Å². The van der Waals surface area contributed by atoms with E-state index in [0.717, 1.165) is 24.3 Å². The van der Waals surface area contributed by atoms with Crippen molar-refractivity contribution in [3.05, 3.63) is 149 Å². The Hall–Kier alpha value is -5.58. The summed E-state index contributed by atoms with van der Waals surface area (Å²) in [6.45, 7) is -0.0283. The molecule has 0 spiro atoms. The van der Waals surface area contributed by atoms with Crippen LogP contribution in [0.4, 0.5) is 26.3 Å². The molecular weight excluding hydrogens is 636 g/mol. The number of hydrogen-bond acceptors (Lipinski definition) is 3. The number of rotatable bonds is 10. The molecular formula is C37H27F6NO4. The average Bonchev–Trinajstić information content (AvgIpc) is 3.07. The van der Waals surface area contributed by atoms with Gasteiger partial charge in [0, 0.05) is 12.1 Å². The first kappa shape index (κ1) is 33.8. The van der Waals surface area contributed by atoms with Gasteiger partial charge in [-0.3, -0.25) is 9.59 Å². The van der Waals surface area contributed by atoms with Crippen LogP contribution in [-0.2, 0) is 17.1 Å². The number of halogens is 6. The Morgan fingerprint density at radius 1 is 0.583 bits per heavy atom. The summed E-state index contributed by atoms with van der Waals surface area (Å²) in [4.78, 5) is 23.1. The molecule has 11 heteroatoms. The summed E-state index contributed by atoms with van der Waals surface area (Å²) < 4.78 is 84.5. The number of aliphatic carboxylic acids is 1. The third-order valence-corrected chi connectivity index (χ3v) is 7.51. The van der Waals surface area contributed by atoms with Crippen molar-refractivity contribution in [2.45, 2.75) is 24.9 Å². The molecule has 2 N–H and O–H groups in total. The van der Waals surface area contributed by atoms with Gasteiger partial charge in [0.1, 0.15) is 11.9 Å². The van der Waals surface area contributed by atoms with Crippen LogP contribution in [0, 0.1) is 0 Å².